The highest BCUT2D eigenvalue weighted by Crippen LogP contribution is 2.26. The Morgan fingerprint density at radius 3 is 2.65 bits per heavy atom. The van der Waals surface area contributed by atoms with Gasteiger partial charge in [0, 0.05) is 18.4 Å². The highest BCUT2D eigenvalue weighted by atomic mass is 16.5. The van der Waals surface area contributed by atoms with Crippen LogP contribution in [0.2, 0.25) is 0 Å². The van der Waals surface area contributed by atoms with Crippen LogP contribution in [0.15, 0.2) is 48.5 Å². The molecular formula is C14H15NO2. The van der Waals surface area contributed by atoms with E-state index in [4.69, 9.17) is 15.6 Å². The van der Waals surface area contributed by atoms with E-state index in [-0.39, 0.29) is 6.61 Å². The molecule has 0 bridgehead atoms. The second kappa shape index (κ2) is 5.37. The normalized spacial score (nSPS) is 10.2. The smallest absolute Gasteiger partial charge is 0.130 e. The maximum Gasteiger partial charge on any atom is 0.130 e. The van der Waals surface area contributed by atoms with Crippen LogP contribution in [0.25, 0.3) is 0 Å². The van der Waals surface area contributed by atoms with Gasteiger partial charge in [-0.2, -0.15) is 0 Å². The van der Waals surface area contributed by atoms with Gasteiger partial charge < -0.3 is 15.6 Å². The molecule has 0 unspecified atom stereocenters. The summed E-state index contributed by atoms with van der Waals surface area (Å²) in [5.41, 5.74) is 7.34. The number of rotatable bonds is 4. The van der Waals surface area contributed by atoms with Gasteiger partial charge in [0.25, 0.3) is 0 Å². The maximum absolute atomic E-state index is 8.98. The zero-order chi connectivity index (χ0) is 12.1. The molecule has 0 atom stereocenters. The van der Waals surface area contributed by atoms with Gasteiger partial charge in [0.05, 0.1) is 0 Å². The first kappa shape index (κ1) is 11.5. The molecule has 2 aromatic rings. The molecule has 0 fully saturated rings. The highest BCUT2D eigenvalue weighted by molar-refractivity contribution is 5.46. The molecule has 0 radical (unpaired) electrons. The number of anilines is 1. The van der Waals surface area contributed by atoms with Crippen molar-refractivity contribution >= 4 is 5.69 Å². The molecule has 0 aliphatic rings. The molecule has 0 saturated heterocycles. The maximum atomic E-state index is 8.98. The number of aliphatic hydroxyl groups is 1. The monoisotopic (exact) mass is 229 g/mol. The number of benzene rings is 2. The molecule has 0 aromatic heterocycles. The molecule has 0 spiro atoms. The number of ether oxygens (including phenoxy) is 1. The number of para-hydroxylation sites is 1. The molecule has 0 aliphatic heterocycles. The first-order chi connectivity index (χ1) is 8.29. The minimum atomic E-state index is 0.108. The fourth-order valence-corrected chi connectivity index (χ4v) is 1.64. The lowest BCUT2D eigenvalue weighted by molar-refractivity contribution is 0.298. The Morgan fingerprint density at radius 2 is 1.88 bits per heavy atom. The second-order valence-electron chi connectivity index (χ2n) is 3.76. The van der Waals surface area contributed by atoms with Gasteiger partial charge in [0.15, 0.2) is 0 Å². The quantitative estimate of drug-likeness (QED) is 0.792. The van der Waals surface area contributed by atoms with Crippen LogP contribution in [0.3, 0.4) is 0 Å². The Hall–Kier alpha value is -2.00. The van der Waals surface area contributed by atoms with Crippen molar-refractivity contribution in [2.75, 3.05) is 12.3 Å². The van der Waals surface area contributed by atoms with Gasteiger partial charge in [-0.05, 0) is 30.2 Å². The summed E-state index contributed by atoms with van der Waals surface area (Å²) in [5, 5.41) is 8.98. The summed E-state index contributed by atoms with van der Waals surface area (Å²) >= 11 is 0. The summed E-state index contributed by atoms with van der Waals surface area (Å²) in [6.07, 6.45) is 0.582. The van der Waals surface area contributed by atoms with E-state index in [9.17, 15) is 0 Å². The van der Waals surface area contributed by atoms with Crippen molar-refractivity contribution in [3.8, 4) is 11.5 Å². The van der Waals surface area contributed by atoms with E-state index in [0.717, 1.165) is 11.3 Å². The lowest BCUT2D eigenvalue weighted by Gasteiger charge is -2.10. The van der Waals surface area contributed by atoms with Gasteiger partial charge in [0.1, 0.15) is 11.5 Å². The van der Waals surface area contributed by atoms with Crippen molar-refractivity contribution in [3.63, 3.8) is 0 Å². The molecule has 17 heavy (non-hydrogen) atoms. The van der Waals surface area contributed by atoms with Crippen molar-refractivity contribution in [2.24, 2.45) is 0 Å². The molecule has 2 rings (SSSR count). The molecule has 3 N–H and O–H groups in total. The Labute approximate surface area is 100 Å². The summed E-state index contributed by atoms with van der Waals surface area (Å²) in [6, 6.07) is 14.9. The van der Waals surface area contributed by atoms with Crippen LogP contribution in [-0.4, -0.2) is 11.7 Å². The minimum Gasteiger partial charge on any atom is -0.457 e. The van der Waals surface area contributed by atoms with E-state index in [1.807, 2.05) is 42.5 Å². The van der Waals surface area contributed by atoms with Crippen molar-refractivity contribution < 1.29 is 9.84 Å². The van der Waals surface area contributed by atoms with Gasteiger partial charge in [0.2, 0.25) is 0 Å². The van der Waals surface area contributed by atoms with E-state index in [2.05, 4.69) is 0 Å². The summed E-state index contributed by atoms with van der Waals surface area (Å²) < 4.78 is 5.75. The third kappa shape index (κ3) is 2.98. The van der Waals surface area contributed by atoms with Crippen LogP contribution < -0.4 is 10.5 Å². The first-order valence-electron chi connectivity index (χ1n) is 5.52. The molecule has 2 aromatic carbocycles. The van der Waals surface area contributed by atoms with E-state index in [1.54, 1.807) is 6.07 Å². The van der Waals surface area contributed by atoms with Crippen molar-refractivity contribution in [1.29, 1.82) is 0 Å². The van der Waals surface area contributed by atoms with Crippen LogP contribution in [0.4, 0.5) is 5.69 Å². The molecule has 0 heterocycles. The van der Waals surface area contributed by atoms with E-state index < -0.39 is 0 Å². The van der Waals surface area contributed by atoms with Gasteiger partial charge in [-0.1, -0.05) is 24.3 Å². The van der Waals surface area contributed by atoms with Crippen molar-refractivity contribution in [3.05, 3.63) is 54.1 Å². The molecule has 3 nitrogen and oxygen atoms in total. The molecule has 0 aliphatic carbocycles. The van der Waals surface area contributed by atoms with Crippen LogP contribution in [0.1, 0.15) is 5.56 Å². The largest absolute Gasteiger partial charge is 0.457 e. The molecular weight excluding hydrogens is 214 g/mol. The predicted molar refractivity (Wildman–Crippen MR) is 68.2 cm³/mol. The van der Waals surface area contributed by atoms with E-state index in [0.29, 0.717) is 17.9 Å². The Bertz CT molecular complexity index is 497. The minimum absolute atomic E-state index is 0.108. The SMILES string of the molecule is Nc1cccc(Oc2ccccc2CCO)c1. The molecule has 0 saturated carbocycles. The Balaban J connectivity index is 2.23. The predicted octanol–water partition coefficient (Wildman–Crippen LogP) is 2.60. The number of hydrogen-bond acceptors (Lipinski definition) is 3. The third-order valence-electron chi connectivity index (χ3n) is 2.44. The average molecular weight is 229 g/mol. The fourth-order valence-electron chi connectivity index (χ4n) is 1.64. The van der Waals surface area contributed by atoms with Crippen LogP contribution in [-0.2, 0) is 6.42 Å². The topological polar surface area (TPSA) is 55.5 Å². The number of nitrogens with two attached hydrogens (primary N) is 1. The van der Waals surface area contributed by atoms with Crippen LogP contribution in [0, 0.1) is 0 Å². The van der Waals surface area contributed by atoms with E-state index in [1.165, 1.54) is 0 Å². The lowest BCUT2D eigenvalue weighted by Crippen LogP contribution is -1.95. The Kier molecular flexibility index (Phi) is 3.62. The summed E-state index contributed by atoms with van der Waals surface area (Å²) in [4.78, 5) is 0. The number of hydrogen-bond donors (Lipinski definition) is 2. The van der Waals surface area contributed by atoms with Gasteiger partial charge >= 0.3 is 0 Å². The fraction of sp³-hybridized carbons (Fsp3) is 0.143. The van der Waals surface area contributed by atoms with Crippen LogP contribution in [0.5, 0.6) is 11.5 Å². The van der Waals surface area contributed by atoms with Crippen molar-refractivity contribution in [1.82, 2.24) is 0 Å². The highest BCUT2D eigenvalue weighted by Gasteiger charge is 2.03. The first-order valence-corrected chi connectivity index (χ1v) is 5.52. The van der Waals surface area contributed by atoms with E-state index >= 15 is 0 Å². The van der Waals surface area contributed by atoms with Gasteiger partial charge in [-0.25, -0.2) is 0 Å². The van der Waals surface area contributed by atoms with Gasteiger partial charge in [-0.3, -0.25) is 0 Å². The summed E-state index contributed by atoms with van der Waals surface area (Å²) in [6.45, 7) is 0.108. The third-order valence-corrected chi connectivity index (χ3v) is 2.44. The summed E-state index contributed by atoms with van der Waals surface area (Å²) in [7, 11) is 0. The molecule has 0 amide bonds. The second-order valence-corrected chi connectivity index (χ2v) is 3.76. The zero-order valence-electron chi connectivity index (χ0n) is 9.47. The standard InChI is InChI=1S/C14H15NO2/c15-12-5-3-6-13(10-12)17-14-7-2-1-4-11(14)8-9-16/h1-7,10,16H,8-9,15H2. The lowest BCUT2D eigenvalue weighted by atomic mass is 10.1. The number of nitrogen functional groups attached to an aromatic ring is 1. The molecule has 3 heteroatoms. The Morgan fingerprint density at radius 1 is 1.06 bits per heavy atom. The zero-order valence-corrected chi connectivity index (χ0v) is 9.47. The van der Waals surface area contributed by atoms with Crippen molar-refractivity contribution in [2.45, 2.75) is 6.42 Å². The molecule has 88 valence electrons. The average Bonchev–Trinajstić information content (AvgIpc) is 2.32. The summed E-state index contributed by atoms with van der Waals surface area (Å²) in [5.74, 6) is 1.46. The number of aliphatic hydroxyl groups excluding tert-OH is 1. The van der Waals surface area contributed by atoms with Crippen LogP contribution >= 0.6 is 0 Å². The van der Waals surface area contributed by atoms with Gasteiger partial charge in [-0.15, -0.1) is 0 Å².